The molecule has 0 fully saturated rings. The minimum Gasteiger partial charge on any atom is -0.497 e. The van der Waals surface area contributed by atoms with E-state index in [1.54, 1.807) is 24.3 Å². The lowest BCUT2D eigenvalue weighted by Crippen LogP contribution is -2.19. The van der Waals surface area contributed by atoms with Crippen LogP contribution in [0.2, 0.25) is 0 Å². The van der Waals surface area contributed by atoms with Crippen LogP contribution in [0, 0.1) is 0 Å². The number of fused-ring (bicyclic) bond motifs is 2. The number of Topliss-reactive ketones (excluding diaryl/α,β-unsaturated/α-hetero) is 2. The van der Waals surface area contributed by atoms with Gasteiger partial charge in [-0.1, -0.05) is 22.7 Å². The van der Waals surface area contributed by atoms with Crippen molar-refractivity contribution >= 4 is 54.4 Å². The molecule has 2 heterocycles. The van der Waals surface area contributed by atoms with E-state index in [2.05, 4.69) is 0 Å². The van der Waals surface area contributed by atoms with Crippen molar-refractivity contribution in [2.45, 2.75) is 6.42 Å². The van der Waals surface area contributed by atoms with Gasteiger partial charge in [0, 0.05) is 32.3 Å². The van der Waals surface area contributed by atoms with E-state index in [1.165, 1.54) is 40.6 Å². The summed E-state index contributed by atoms with van der Waals surface area (Å²) in [6, 6.07) is 9.46. The molecule has 10 heteroatoms. The number of rotatable bonds is 8. The van der Waals surface area contributed by atoms with Crippen molar-refractivity contribution in [2.75, 3.05) is 28.4 Å². The molecule has 0 atom stereocenters. The molecule has 2 aromatic heterocycles. The Balaban J connectivity index is 1.72. The Bertz CT molecular complexity index is 1480. The highest BCUT2D eigenvalue weighted by atomic mass is 32.1. The standard InChI is InChI=1S/C25H20O8S2/c1-30-12-5-20(32-3)16-9-14(24(28)34-22(16)7-12)18(26)11-19(27)15-10-17-21(33-4)6-13(31-2)8-23(17)35-25(15)29/h5-10H,11H2,1-4H3. The van der Waals surface area contributed by atoms with Gasteiger partial charge in [0.25, 0.3) is 0 Å². The van der Waals surface area contributed by atoms with E-state index >= 15 is 0 Å². The molecule has 0 saturated heterocycles. The Morgan fingerprint density at radius 1 is 0.629 bits per heavy atom. The van der Waals surface area contributed by atoms with Gasteiger partial charge in [-0.05, 0) is 24.3 Å². The molecule has 0 saturated carbocycles. The molecule has 2 aromatic carbocycles. The Labute approximate surface area is 207 Å². The van der Waals surface area contributed by atoms with Crippen molar-refractivity contribution in [2.24, 2.45) is 0 Å². The number of ether oxygens (including phenoxy) is 4. The molecular weight excluding hydrogens is 492 g/mol. The monoisotopic (exact) mass is 512 g/mol. The summed E-state index contributed by atoms with van der Waals surface area (Å²) in [5, 5.41) is 1.09. The van der Waals surface area contributed by atoms with Crippen LogP contribution in [-0.4, -0.2) is 40.0 Å². The average Bonchev–Trinajstić information content (AvgIpc) is 2.85. The molecule has 180 valence electrons. The maximum Gasteiger partial charge on any atom is 0.243 e. The molecule has 4 aromatic rings. The number of carbonyl (C=O) groups excluding carboxylic acids is 2. The number of methoxy groups -OCH3 is 4. The fourth-order valence-electron chi connectivity index (χ4n) is 3.62. The summed E-state index contributed by atoms with van der Waals surface area (Å²) in [5.41, 5.74) is -0.280. The third-order valence-corrected chi connectivity index (χ3v) is 7.34. The van der Waals surface area contributed by atoms with Gasteiger partial charge in [-0.25, -0.2) is 0 Å². The summed E-state index contributed by atoms with van der Waals surface area (Å²) in [7, 11) is 5.93. The first-order valence-corrected chi connectivity index (χ1v) is 11.9. The predicted octanol–water partition coefficient (Wildman–Crippen LogP) is 4.33. The third-order valence-electron chi connectivity index (χ3n) is 5.41. The van der Waals surface area contributed by atoms with Gasteiger partial charge < -0.3 is 18.9 Å². The van der Waals surface area contributed by atoms with Crippen LogP contribution in [0.25, 0.3) is 20.2 Å². The van der Waals surface area contributed by atoms with Gasteiger partial charge in [0.2, 0.25) is 9.48 Å². The summed E-state index contributed by atoms with van der Waals surface area (Å²) < 4.78 is 21.4. The van der Waals surface area contributed by atoms with Crippen LogP contribution in [0.3, 0.4) is 0 Å². The van der Waals surface area contributed by atoms with Crippen LogP contribution in [0.15, 0.2) is 46.0 Å². The minimum atomic E-state index is -0.679. The van der Waals surface area contributed by atoms with E-state index in [4.69, 9.17) is 18.9 Å². The molecule has 0 amide bonds. The van der Waals surface area contributed by atoms with Crippen LogP contribution in [0.1, 0.15) is 27.1 Å². The summed E-state index contributed by atoms with van der Waals surface area (Å²) in [4.78, 5) is 51.3. The van der Waals surface area contributed by atoms with E-state index in [9.17, 15) is 19.2 Å². The van der Waals surface area contributed by atoms with Crippen LogP contribution in [0.5, 0.6) is 23.0 Å². The number of carbonyl (C=O) groups is 2. The third kappa shape index (κ3) is 4.62. The van der Waals surface area contributed by atoms with Crippen LogP contribution < -0.4 is 28.4 Å². The van der Waals surface area contributed by atoms with Gasteiger partial charge >= 0.3 is 0 Å². The zero-order valence-corrected chi connectivity index (χ0v) is 20.9. The van der Waals surface area contributed by atoms with Crippen molar-refractivity contribution in [3.8, 4) is 23.0 Å². The van der Waals surface area contributed by atoms with Gasteiger partial charge in [-0.15, -0.1) is 0 Å². The number of ketones is 2. The smallest absolute Gasteiger partial charge is 0.243 e. The van der Waals surface area contributed by atoms with Gasteiger partial charge in [-0.3, -0.25) is 19.2 Å². The molecule has 0 aliphatic heterocycles. The Morgan fingerprint density at radius 3 is 1.37 bits per heavy atom. The second kappa shape index (κ2) is 9.85. The van der Waals surface area contributed by atoms with E-state index in [1.807, 2.05) is 0 Å². The van der Waals surface area contributed by atoms with Gasteiger partial charge in [0.15, 0.2) is 11.6 Å². The summed E-state index contributed by atoms with van der Waals surface area (Å²) in [6.07, 6.45) is -0.627. The zero-order valence-electron chi connectivity index (χ0n) is 19.3. The molecule has 8 nitrogen and oxygen atoms in total. The average molecular weight is 513 g/mol. The first kappa shape index (κ1) is 24.4. The maximum atomic E-state index is 13.0. The summed E-state index contributed by atoms with van der Waals surface area (Å²) in [6.45, 7) is 0. The van der Waals surface area contributed by atoms with Crippen molar-refractivity contribution in [1.29, 1.82) is 0 Å². The van der Waals surface area contributed by atoms with Crippen molar-refractivity contribution in [3.05, 3.63) is 66.6 Å². The fourth-order valence-corrected chi connectivity index (χ4v) is 5.48. The molecular formula is C25H20O8S2. The Kier molecular flexibility index (Phi) is 6.86. The molecule has 35 heavy (non-hydrogen) atoms. The largest absolute Gasteiger partial charge is 0.497 e. The first-order valence-electron chi connectivity index (χ1n) is 10.3. The van der Waals surface area contributed by atoms with Crippen molar-refractivity contribution < 1.29 is 28.5 Å². The van der Waals surface area contributed by atoms with E-state index < -0.39 is 27.5 Å². The molecule has 0 unspecified atom stereocenters. The lowest BCUT2D eigenvalue weighted by atomic mass is 10.0. The number of hydrogen-bond acceptors (Lipinski definition) is 10. The normalized spacial score (nSPS) is 10.9. The fraction of sp³-hybridized carbons (Fsp3) is 0.200. The number of hydrogen-bond donors (Lipinski definition) is 0. The maximum absolute atomic E-state index is 13.0. The number of benzene rings is 2. The zero-order chi connectivity index (χ0) is 25.3. The second-order valence-electron chi connectivity index (χ2n) is 7.40. The van der Waals surface area contributed by atoms with Crippen LogP contribution >= 0.6 is 22.7 Å². The van der Waals surface area contributed by atoms with Gasteiger partial charge in [0.1, 0.15) is 23.0 Å². The molecule has 0 bridgehead atoms. The molecule has 0 aliphatic rings. The van der Waals surface area contributed by atoms with E-state index in [0.717, 1.165) is 22.7 Å². The SMILES string of the molecule is COc1cc(OC)c2cc(C(=O)CC(=O)c3cc4c(OC)cc(OC)cc4sc3=O)c(=O)sc2c1. The second-order valence-corrected chi connectivity index (χ2v) is 9.43. The van der Waals surface area contributed by atoms with Gasteiger partial charge in [0.05, 0.1) is 46.0 Å². The van der Waals surface area contributed by atoms with Crippen molar-refractivity contribution in [1.82, 2.24) is 0 Å². The summed E-state index contributed by atoms with van der Waals surface area (Å²) >= 11 is 1.71. The molecule has 0 aliphatic carbocycles. The Hall–Kier alpha value is -3.76. The first-order chi connectivity index (χ1) is 16.8. The lowest BCUT2D eigenvalue weighted by molar-refractivity contribution is 0.0893. The minimum absolute atomic E-state index is 0.140. The highest BCUT2D eigenvalue weighted by Crippen LogP contribution is 2.34. The molecule has 0 N–H and O–H groups in total. The molecule has 0 spiro atoms. The lowest BCUT2D eigenvalue weighted by Gasteiger charge is -2.10. The van der Waals surface area contributed by atoms with Crippen LogP contribution in [-0.2, 0) is 0 Å². The topological polar surface area (TPSA) is 105 Å². The predicted molar refractivity (Wildman–Crippen MR) is 136 cm³/mol. The van der Waals surface area contributed by atoms with Crippen LogP contribution in [0.4, 0.5) is 0 Å². The quantitative estimate of drug-likeness (QED) is 0.254. The highest BCUT2D eigenvalue weighted by molar-refractivity contribution is 7.16. The van der Waals surface area contributed by atoms with E-state index in [0.29, 0.717) is 43.2 Å². The molecule has 0 radical (unpaired) electrons. The Morgan fingerprint density at radius 2 is 1.03 bits per heavy atom. The van der Waals surface area contributed by atoms with E-state index in [-0.39, 0.29) is 11.1 Å². The van der Waals surface area contributed by atoms with Gasteiger partial charge in [-0.2, -0.15) is 0 Å². The van der Waals surface area contributed by atoms with Crippen molar-refractivity contribution in [3.63, 3.8) is 0 Å². The highest BCUT2D eigenvalue weighted by Gasteiger charge is 2.22. The molecule has 4 rings (SSSR count). The summed E-state index contributed by atoms with van der Waals surface area (Å²) in [5.74, 6) is 0.512.